The topological polar surface area (TPSA) is 30.5 Å². The highest BCUT2D eigenvalue weighted by molar-refractivity contribution is 5.09. The number of nitrogens with one attached hydrogen (secondary N) is 1. The van der Waals surface area contributed by atoms with Gasteiger partial charge in [-0.1, -0.05) is 18.6 Å². The molecule has 0 aromatic heterocycles. The highest BCUT2D eigenvalue weighted by atomic mass is 16.5. The molecule has 0 aromatic rings. The summed E-state index contributed by atoms with van der Waals surface area (Å²) in [5.41, 5.74) is 1.55. The van der Waals surface area contributed by atoms with Crippen LogP contribution in [-0.4, -0.2) is 39.0 Å². The van der Waals surface area contributed by atoms with E-state index in [1.165, 1.54) is 12.8 Å². The zero-order valence-corrected chi connectivity index (χ0v) is 12.7. The molecule has 2 rings (SSSR count). The summed E-state index contributed by atoms with van der Waals surface area (Å²) in [6, 6.07) is 0. The average molecular weight is 267 g/mol. The van der Waals surface area contributed by atoms with Crippen LogP contribution in [-0.2, 0) is 9.47 Å². The normalized spacial score (nSPS) is 31.0. The van der Waals surface area contributed by atoms with Crippen molar-refractivity contribution in [1.82, 2.24) is 5.32 Å². The SMILES string of the molecule is COC1(CNC[C@@H]2C(C)=CCC[C@H]2C)CCOCC1. The van der Waals surface area contributed by atoms with E-state index in [9.17, 15) is 0 Å². The predicted octanol–water partition coefficient (Wildman–Crippen LogP) is 2.76. The van der Waals surface area contributed by atoms with Gasteiger partial charge in [0.1, 0.15) is 0 Å². The smallest absolute Gasteiger partial charge is 0.0846 e. The average Bonchev–Trinajstić information content (AvgIpc) is 2.43. The lowest BCUT2D eigenvalue weighted by Gasteiger charge is -2.37. The zero-order chi connectivity index (χ0) is 13.7. The molecule has 0 saturated carbocycles. The van der Waals surface area contributed by atoms with Crippen LogP contribution in [0.15, 0.2) is 11.6 Å². The molecule has 1 aliphatic heterocycles. The van der Waals surface area contributed by atoms with Crippen LogP contribution < -0.4 is 5.32 Å². The van der Waals surface area contributed by atoms with Gasteiger partial charge in [-0.2, -0.15) is 0 Å². The molecule has 1 fully saturated rings. The van der Waals surface area contributed by atoms with Gasteiger partial charge in [0.2, 0.25) is 0 Å². The fourth-order valence-corrected chi connectivity index (χ4v) is 3.39. The Morgan fingerprint density at radius 1 is 1.42 bits per heavy atom. The van der Waals surface area contributed by atoms with E-state index in [4.69, 9.17) is 9.47 Å². The van der Waals surface area contributed by atoms with Crippen molar-refractivity contribution in [1.29, 1.82) is 0 Å². The molecule has 0 radical (unpaired) electrons. The molecule has 19 heavy (non-hydrogen) atoms. The molecule has 2 atom stereocenters. The number of methoxy groups -OCH3 is 1. The Bertz CT molecular complexity index is 308. The van der Waals surface area contributed by atoms with Gasteiger partial charge in [-0.25, -0.2) is 0 Å². The van der Waals surface area contributed by atoms with E-state index in [0.29, 0.717) is 5.92 Å². The largest absolute Gasteiger partial charge is 0.381 e. The van der Waals surface area contributed by atoms with E-state index in [-0.39, 0.29) is 5.60 Å². The summed E-state index contributed by atoms with van der Waals surface area (Å²) < 4.78 is 11.2. The van der Waals surface area contributed by atoms with Crippen molar-refractivity contribution in [2.75, 3.05) is 33.4 Å². The fourth-order valence-electron chi connectivity index (χ4n) is 3.39. The van der Waals surface area contributed by atoms with Gasteiger partial charge >= 0.3 is 0 Å². The van der Waals surface area contributed by atoms with Gasteiger partial charge in [0.05, 0.1) is 5.60 Å². The van der Waals surface area contributed by atoms with Crippen molar-refractivity contribution >= 4 is 0 Å². The van der Waals surface area contributed by atoms with Crippen molar-refractivity contribution < 1.29 is 9.47 Å². The maximum Gasteiger partial charge on any atom is 0.0846 e. The van der Waals surface area contributed by atoms with Gasteiger partial charge in [0.25, 0.3) is 0 Å². The van der Waals surface area contributed by atoms with E-state index in [2.05, 4.69) is 25.2 Å². The summed E-state index contributed by atoms with van der Waals surface area (Å²) in [5.74, 6) is 1.49. The Morgan fingerprint density at radius 2 is 2.16 bits per heavy atom. The number of ether oxygens (including phenoxy) is 2. The summed E-state index contributed by atoms with van der Waals surface area (Å²) in [7, 11) is 1.83. The van der Waals surface area contributed by atoms with Crippen LogP contribution in [0.5, 0.6) is 0 Å². The van der Waals surface area contributed by atoms with E-state index < -0.39 is 0 Å². The Balaban J connectivity index is 1.81. The van der Waals surface area contributed by atoms with Crippen LogP contribution in [0.1, 0.15) is 39.5 Å². The molecule has 1 aliphatic carbocycles. The van der Waals surface area contributed by atoms with E-state index in [0.717, 1.165) is 45.1 Å². The Kier molecular flexibility index (Phi) is 5.43. The molecule has 3 nitrogen and oxygen atoms in total. The minimum Gasteiger partial charge on any atom is -0.381 e. The van der Waals surface area contributed by atoms with Gasteiger partial charge in [-0.3, -0.25) is 0 Å². The van der Waals surface area contributed by atoms with E-state index in [1.54, 1.807) is 5.57 Å². The molecule has 3 heteroatoms. The molecule has 0 spiro atoms. The summed E-state index contributed by atoms with van der Waals surface area (Å²) in [5, 5.41) is 3.66. The highest BCUT2D eigenvalue weighted by Gasteiger charge is 2.32. The third-order valence-electron chi connectivity index (χ3n) is 5.01. The standard InChI is InChI=1S/C16H29NO2/c1-13-5-4-6-14(2)15(13)11-17-12-16(18-3)7-9-19-10-8-16/h5,14-15,17H,4,6-12H2,1-3H3/t14-,15-/m1/s1. The molecule has 110 valence electrons. The molecule has 0 bridgehead atoms. The summed E-state index contributed by atoms with van der Waals surface area (Å²) in [6.07, 6.45) is 7.00. The molecule has 1 N–H and O–H groups in total. The van der Waals surface area contributed by atoms with Crippen LogP contribution in [0, 0.1) is 11.8 Å². The summed E-state index contributed by atoms with van der Waals surface area (Å²) in [6.45, 7) is 8.34. The first-order valence-corrected chi connectivity index (χ1v) is 7.67. The summed E-state index contributed by atoms with van der Waals surface area (Å²) >= 11 is 0. The van der Waals surface area contributed by atoms with Gasteiger partial charge in [-0.05, 0) is 31.6 Å². The Hall–Kier alpha value is -0.380. The van der Waals surface area contributed by atoms with E-state index >= 15 is 0 Å². The van der Waals surface area contributed by atoms with Crippen molar-refractivity contribution in [3.63, 3.8) is 0 Å². The van der Waals surface area contributed by atoms with Crippen LogP contribution in [0.2, 0.25) is 0 Å². The summed E-state index contributed by atoms with van der Waals surface area (Å²) in [4.78, 5) is 0. The first-order valence-electron chi connectivity index (χ1n) is 7.67. The van der Waals surface area contributed by atoms with Gasteiger partial charge < -0.3 is 14.8 Å². The molecular weight excluding hydrogens is 238 g/mol. The second kappa shape index (κ2) is 6.87. The first kappa shape index (κ1) is 15.0. The zero-order valence-electron chi connectivity index (χ0n) is 12.7. The number of hydrogen-bond acceptors (Lipinski definition) is 3. The predicted molar refractivity (Wildman–Crippen MR) is 78.3 cm³/mol. The number of hydrogen-bond donors (Lipinski definition) is 1. The molecule has 1 heterocycles. The minimum atomic E-state index is -0.00618. The Morgan fingerprint density at radius 3 is 2.79 bits per heavy atom. The first-order chi connectivity index (χ1) is 9.17. The van der Waals surface area contributed by atoms with E-state index in [1.807, 2.05) is 7.11 Å². The second-order valence-electron chi connectivity index (χ2n) is 6.24. The molecule has 0 unspecified atom stereocenters. The molecule has 0 aromatic carbocycles. The minimum absolute atomic E-state index is 0.00618. The molecular formula is C16H29NO2. The Labute approximate surface area is 117 Å². The maximum absolute atomic E-state index is 5.76. The monoisotopic (exact) mass is 267 g/mol. The van der Waals surface area contributed by atoms with Crippen molar-refractivity contribution in [3.05, 3.63) is 11.6 Å². The lowest BCUT2D eigenvalue weighted by Crippen LogP contribution is -2.48. The van der Waals surface area contributed by atoms with Crippen LogP contribution in [0.25, 0.3) is 0 Å². The third-order valence-corrected chi connectivity index (χ3v) is 5.01. The quantitative estimate of drug-likeness (QED) is 0.777. The van der Waals surface area contributed by atoms with Crippen LogP contribution in [0.3, 0.4) is 0 Å². The maximum atomic E-state index is 5.76. The van der Waals surface area contributed by atoms with Crippen molar-refractivity contribution in [2.45, 2.75) is 45.1 Å². The second-order valence-corrected chi connectivity index (χ2v) is 6.24. The van der Waals surface area contributed by atoms with Crippen LogP contribution >= 0.6 is 0 Å². The lowest BCUT2D eigenvalue weighted by atomic mass is 9.80. The highest BCUT2D eigenvalue weighted by Crippen LogP contribution is 2.30. The van der Waals surface area contributed by atoms with Crippen molar-refractivity contribution in [2.24, 2.45) is 11.8 Å². The van der Waals surface area contributed by atoms with Gasteiger partial charge in [0.15, 0.2) is 0 Å². The fraction of sp³-hybridized carbons (Fsp3) is 0.875. The number of rotatable bonds is 5. The molecule has 0 amide bonds. The van der Waals surface area contributed by atoms with Gasteiger partial charge in [0, 0.05) is 46.3 Å². The third kappa shape index (κ3) is 3.80. The lowest BCUT2D eigenvalue weighted by molar-refractivity contribution is -0.0878. The van der Waals surface area contributed by atoms with Crippen LogP contribution in [0.4, 0.5) is 0 Å². The molecule has 1 saturated heterocycles. The number of allylic oxidation sites excluding steroid dienone is 1. The van der Waals surface area contributed by atoms with Crippen molar-refractivity contribution in [3.8, 4) is 0 Å². The van der Waals surface area contributed by atoms with Gasteiger partial charge in [-0.15, -0.1) is 0 Å². The molecule has 2 aliphatic rings.